The van der Waals surface area contributed by atoms with Crippen LogP contribution in [0.4, 0.5) is 4.79 Å². The summed E-state index contributed by atoms with van der Waals surface area (Å²) < 4.78 is 0. The van der Waals surface area contributed by atoms with Crippen molar-refractivity contribution in [2.75, 3.05) is 13.1 Å². The van der Waals surface area contributed by atoms with E-state index < -0.39 is 6.03 Å². The van der Waals surface area contributed by atoms with Crippen molar-refractivity contribution in [3.63, 3.8) is 0 Å². The maximum absolute atomic E-state index is 10.9. The monoisotopic (exact) mass is 198 g/mol. The first-order chi connectivity index (χ1) is 6.57. The lowest BCUT2D eigenvalue weighted by molar-refractivity contribution is -0.108. The molecule has 76 valence electrons. The Hall–Kier alpha value is -1.75. The zero-order valence-corrected chi connectivity index (χ0v) is 7.27. The standard InChI is InChI=1S/C7H10N4O3/c8-3-1-2-5-4-10(13)7(12)11(14)6(5)9/h13-14H,3-4,8-9H2. The van der Waals surface area contributed by atoms with Crippen molar-refractivity contribution in [2.24, 2.45) is 11.5 Å². The molecule has 0 saturated carbocycles. The Morgan fingerprint density at radius 3 is 2.71 bits per heavy atom. The molecule has 1 heterocycles. The van der Waals surface area contributed by atoms with Crippen LogP contribution in [0.5, 0.6) is 0 Å². The molecule has 0 aromatic heterocycles. The smallest absolute Gasteiger partial charge is 0.374 e. The highest BCUT2D eigenvalue weighted by molar-refractivity contribution is 5.76. The number of carbonyl (C=O) groups excluding carboxylic acids is 1. The Morgan fingerprint density at radius 2 is 2.14 bits per heavy atom. The lowest BCUT2D eigenvalue weighted by Gasteiger charge is -2.27. The molecule has 1 aliphatic rings. The van der Waals surface area contributed by atoms with E-state index in [0.29, 0.717) is 5.06 Å². The molecule has 0 aromatic carbocycles. The van der Waals surface area contributed by atoms with Gasteiger partial charge in [0, 0.05) is 0 Å². The molecule has 1 rings (SSSR count). The number of hydrogen-bond donors (Lipinski definition) is 4. The van der Waals surface area contributed by atoms with Gasteiger partial charge in [-0.05, 0) is 0 Å². The zero-order valence-electron chi connectivity index (χ0n) is 7.27. The zero-order chi connectivity index (χ0) is 10.7. The molecule has 0 spiro atoms. The van der Waals surface area contributed by atoms with Crippen molar-refractivity contribution in [1.82, 2.24) is 10.1 Å². The minimum Gasteiger partial charge on any atom is -0.382 e. The number of nitrogens with zero attached hydrogens (tertiary/aromatic N) is 2. The van der Waals surface area contributed by atoms with Gasteiger partial charge >= 0.3 is 6.03 Å². The first-order valence-electron chi connectivity index (χ1n) is 3.75. The molecule has 6 N–H and O–H groups in total. The van der Waals surface area contributed by atoms with Crippen LogP contribution in [0, 0.1) is 11.8 Å². The molecule has 2 amide bonds. The third-order valence-electron chi connectivity index (χ3n) is 1.59. The second-order valence-corrected chi connectivity index (χ2v) is 2.52. The van der Waals surface area contributed by atoms with E-state index in [1.54, 1.807) is 0 Å². The van der Waals surface area contributed by atoms with Crippen LogP contribution in [0.25, 0.3) is 0 Å². The van der Waals surface area contributed by atoms with E-state index in [4.69, 9.17) is 21.9 Å². The molecule has 14 heavy (non-hydrogen) atoms. The molecular formula is C7H10N4O3. The fourth-order valence-corrected chi connectivity index (χ4v) is 0.900. The number of hydroxylamine groups is 4. The summed E-state index contributed by atoms with van der Waals surface area (Å²) >= 11 is 0. The molecular weight excluding hydrogens is 188 g/mol. The predicted molar refractivity (Wildman–Crippen MR) is 45.6 cm³/mol. The molecule has 0 atom stereocenters. The Kier molecular flexibility index (Phi) is 2.93. The molecule has 0 aromatic rings. The average Bonchev–Trinajstić information content (AvgIpc) is 2.18. The predicted octanol–water partition coefficient (Wildman–Crippen LogP) is -1.37. The highest BCUT2D eigenvalue weighted by Crippen LogP contribution is 2.12. The molecule has 0 radical (unpaired) electrons. The number of nitrogens with two attached hydrogens (primary N) is 2. The molecule has 7 nitrogen and oxygen atoms in total. The summed E-state index contributed by atoms with van der Waals surface area (Å²) in [6.07, 6.45) is 0. The number of urea groups is 1. The van der Waals surface area contributed by atoms with Gasteiger partial charge in [-0.25, -0.2) is 4.79 Å². The van der Waals surface area contributed by atoms with E-state index >= 15 is 0 Å². The van der Waals surface area contributed by atoms with Crippen LogP contribution >= 0.6 is 0 Å². The van der Waals surface area contributed by atoms with Gasteiger partial charge in [-0.1, -0.05) is 11.8 Å². The Labute approximate surface area is 80.1 Å². The highest BCUT2D eigenvalue weighted by atomic mass is 16.6. The molecule has 0 fully saturated rings. The average molecular weight is 198 g/mol. The lowest BCUT2D eigenvalue weighted by atomic mass is 10.2. The fraction of sp³-hybridized carbons (Fsp3) is 0.286. The number of carbonyl (C=O) groups is 1. The quantitative estimate of drug-likeness (QED) is 0.283. The maximum atomic E-state index is 10.9. The first kappa shape index (κ1) is 10.3. The Bertz CT molecular complexity index is 341. The van der Waals surface area contributed by atoms with Gasteiger partial charge in [0.15, 0.2) is 0 Å². The maximum Gasteiger partial charge on any atom is 0.374 e. The molecule has 0 saturated heterocycles. The van der Waals surface area contributed by atoms with Crippen LogP contribution < -0.4 is 11.5 Å². The van der Waals surface area contributed by atoms with Gasteiger partial charge < -0.3 is 11.5 Å². The van der Waals surface area contributed by atoms with Crippen LogP contribution in [-0.2, 0) is 0 Å². The largest absolute Gasteiger partial charge is 0.382 e. The van der Waals surface area contributed by atoms with E-state index in [-0.39, 0.29) is 29.5 Å². The fourth-order valence-electron chi connectivity index (χ4n) is 0.900. The Morgan fingerprint density at radius 1 is 1.50 bits per heavy atom. The van der Waals surface area contributed by atoms with Crippen molar-refractivity contribution in [1.29, 1.82) is 0 Å². The van der Waals surface area contributed by atoms with Crippen LogP contribution in [0.1, 0.15) is 0 Å². The normalized spacial score (nSPS) is 16.9. The topological polar surface area (TPSA) is 116 Å². The second kappa shape index (κ2) is 3.97. The third-order valence-corrected chi connectivity index (χ3v) is 1.59. The molecule has 0 unspecified atom stereocenters. The summed E-state index contributed by atoms with van der Waals surface area (Å²) in [6.45, 7) is -0.0314. The molecule has 1 aliphatic heterocycles. The summed E-state index contributed by atoms with van der Waals surface area (Å²) in [5, 5.41) is 18.5. The van der Waals surface area contributed by atoms with E-state index in [9.17, 15) is 4.79 Å². The van der Waals surface area contributed by atoms with E-state index in [0.717, 1.165) is 0 Å². The minimum absolute atomic E-state index is 0.127. The Balaban J connectivity index is 2.99. The van der Waals surface area contributed by atoms with Crippen LogP contribution in [-0.4, -0.2) is 39.7 Å². The van der Waals surface area contributed by atoms with Gasteiger partial charge in [-0.15, -0.1) is 0 Å². The van der Waals surface area contributed by atoms with Gasteiger partial charge in [-0.2, -0.15) is 10.1 Å². The van der Waals surface area contributed by atoms with Crippen molar-refractivity contribution in [3.8, 4) is 11.8 Å². The lowest BCUT2D eigenvalue weighted by Crippen LogP contribution is -2.47. The van der Waals surface area contributed by atoms with Crippen molar-refractivity contribution < 1.29 is 15.2 Å². The summed E-state index contributed by atoms with van der Waals surface area (Å²) in [5.41, 5.74) is 10.7. The highest BCUT2D eigenvalue weighted by Gasteiger charge is 2.28. The summed E-state index contributed by atoms with van der Waals surface area (Å²) in [7, 11) is 0. The van der Waals surface area contributed by atoms with Gasteiger partial charge in [-0.3, -0.25) is 10.4 Å². The van der Waals surface area contributed by atoms with Crippen LogP contribution in [0.2, 0.25) is 0 Å². The number of rotatable bonds is 0. The summed E-state index contributed by atoms with van der Waals surface area (Å²) in [5.74, 6) is 4.84. The molecule has 0 aliphatic carbocycles. The van der Waals surface area contributed by atoms with Crippen molar-refractivity contribution in [2.45, 2.75) is 0 Å². The van der Waals surface area contributed by atoms with Gasteiger partial charge in [0.05, 0.1) is 18.7 Å². The van der Waals surface area contributed by atoms with Crippen molar-refractivity contribution in [3.05, 3.63) is 11.4 Å². The van der Waals surface area contributed by atoms with Gasteiger partial charge in [0.25, 0.3) is 0 Å². The van der Waals surface area contributed by atoms with Crippen LogP contribution in [0.3, 0.4) is 0 Å². The van der Waals surface area contributed by atoms with Crippen molar-refractivity contribution >= 4 is 6.03 Å². The molecule has 0 bridgehead atoms. The SMILES string of the molecule is NCC#CC1=C(N)N(O)C(=O)N(O)C1. The number of amides is 2. The number of hydrogen-bond acceptors (Lipinski definition) is 5. The second-order valence-electron chi connectivity index (χ2n) is 2.52. The van der Waals surface area contributed by atoms with E-state index in [1.165, 1.54) is 0 Å². The first-order valence-corrected chi connectivity index (χ1v) is 3.75. The third kappa shape index (κ3) is 1.77. The van der Waals surface area contributed by atoms with E-state index in [2.05, 4.69) is 11.8 Å². The minimum atomic E-state index is -1.01. The molecule has 7 heteroatoms. The van der Waals surface area contributed by atoms with Gasteiger partial charge in [0.1, 0.15) is 5.82 Å². The van der Waals surface area contributed by atoms with Gasteiger partial charge in [0.2, 0.25) is 0 Å². The van der Waals surface area contributed by atoms with Crippen LogP contribution in [0.15, 0.2) is 11.4 Å². The summed E-state index contributed by atoms with van der Waals surface area (Å²) in [4.78, 5) is 10.9. The summed E-state index contributed by atoms with van der Waals surface area (Å²) in [6, 6.07) is -1.01. The van der Waals surface area contributed by atoms with E-state index in [1.807, 2.05) is 0 Å².